The average Bonchev–Trinajstić information content (AvgIpc) is 2.27. The fourth-order valence-electron chi connectivity index (χ4n) is 2.40. The van der Waals surface area contributed by atoms with Crippen molar-refractivity contribution in [2.75, 3.05) is 18.5 Å². The van der Waals surface area contributed by atoms with E-state index >= 15 is 0 Å². The first kappa shape index (κ1) is 12.9. The molecule has 0 bridgehead atoms. The van der Waals surface area contributed by atoms with E-state index < -0.39 is 0 Å². The third kappa shape index (κ3) is 3.00. The fraction of sp³-hybridized carbons (Fsp3) is 0.538. The van der Waals surface area contributed by atoms with Crippen LogP contribution < -0.4 is 10.6 Å². The van der Waals surface area contributed by atoms with Gasteiger partial charge in [0.25, 0.3) is 0 Å². The smallest absolute Gasteiger partial charge is 0.0546 e. The topological polar surface area (TPSA) is 49.5 Å². The molecule has 0 spiro atoms. The second kappa shape index (κ2) is 5.38. The van der Waals surface area contributed by atoms with Gasteiger partial charge in [-0.2, -0.15) is 0 Å². The van der Waals surface area contributed by atoms with E-state index in [1.54, 1.807) is 0 Å². The SMILES string of the molecule is CN(CC1CC(O)C1)c1cc(Br)ccc1CN. The van der Waals surface area contributed by atoms with Crippen LogP contribution in [0, 0.1) is 5.92 Å². The molecule has 1 aliphatic carbocycles. The molecule has 1 saturated carbocycles. The maximum atomic E-state index is 9.30. The van der Waals surface area contributed by atoms with Crippen molar-refractivity contribution >= 4 is 21.6 Å². The summed E-state index contributed by atoms with van der Waals surface area (Å²) in [5, 5.41) is 9.30. The predicted molar refractivity (Wildman–Crippen MR) is 74.0 cm³/mol. The molecule has 3 N–H and O–H groups in total. The molecule has 17 heavy (non-hydrogen) atoms. The molecule has 0 aliphatic heterocycles. The first-order chi connectivity index (χ1) is 8.10. The van der Waals surface area contributed by atoms with Gasteiger partial charge in [0, 0.05) is 30.3 Å². The van der Waals surface area contributed by atoms with Crippen molar-refractivity contribution in [2.45, 2.75) is 25.5 Å². The lowest BCUT2D eigenvalue weighted by molar-refractivity contribution is 0.0464. The van der Waals surface area contributed by atoms with Gasteiger partial charge in [-0.1, -0.05) is 22.0 Å². The van der Waals surface area contributed by atoms with E-state index in [2.05, 4.69) is 40.0 Å². The van der Waals surface area contributed by atoms with Gasteiger partial charge in [0.05, 0.1) is 6.10 Å². The van der Waals surface area contributed by atoms with E-state index in [0.717, 1.165) is 29.4 Å². The van der Waals surface area contributed by atoms with Crippen LogP contribution in [0.4, 0.5) is 5.69 Å². The van der Waals surface area contributed by atoms with Crippen LogP contribution in [0.25, 0.3) is 0 Å². The summed E-state index contributed by atoms with van der Waals surface area (Å²) in [6.45, 7) is 1.54. The van der Waals surface area contributed by atoms with Crippen LogP contribution in [0.15, 0.2) is 22.7 Å². The summed E-state index contributed by atoms with van der Waals surface area (Å²) in [5.41, 5.74) is 8.10. The standard InChI is InChI=1S/C13H19BrN2O/c1-16(8-9-4-12(17)5-9)13-6-11(14)3-2-10(13)7-15/h2-3,6,9,12,17H,4-5,7-8,15H2,1H3. The van der Waals surface area contributed by atoms with Crippen molar-refractivity contribution in [3.63, 3.8) is 0 Å². The van der Waals surface area contributed by atoms with Gasteiger partial charge >= 0.3 is 0 Å². The van der Waals surface area contributed by atoms with Gasteiger partial charge in [-0.25, -0.2) is 0 Å². The molecule has 0 radical (unpaired) electrons. The largest absolute Gasteiger partial charge is 0.393 e. The molecular formula is C13H19BrN2O. The van der Waals surface area contributed by atoms with E-state index in [4.69, 9.17) is 5.73 Å². The van der Waals surface area contributed by atoms with E-state index in [1.165, 1.54) is 5.69 Å². The number of anilines is 1. The van der Waals surface area contributed by atoms with E-state index in [1.807, 2.05) is 6.07 Å². The van der Waals surface area contributed by atoms with Gasteiger partial charge < -0.3 is 15.7 Å². The van der Waals surface area contributed by atoms with Crippen LogP contribution in [-0.4, -0.2) is 24.8 Å². The zero-order chi connectivity index (χ0) is 12.4. The summed E-state index contributed by atoms with van der Waals surface area (Å²) in [5.74, 6) is 0.611. The summed E-state index contributed by atoms with van der Waals surface area (Å²) in [7, 11) is 2.09. The van der Waals surface area contributed by atoms with Crippen molar-refractivity contribution in [1.82, 2.24) is 0 Å². The minimum Gasteiger partial charge on any atom is -0.393 e. The van der Waals surface area contributed by atoms with Crippen molar-refractivity contribution in [1.29, 1.82) is 0 Å². The van der Waals surface area contributed by atoms with Gasteiger partial charge in [0.15, 0.2) is 0 Å². The summed E-state index contributed by atoms with van der Waals surface area (Å²) in [4.78, 5) is 2.24. The quantitative estimate of drug-likeness (QED) is 0.895. The van der Waals surface area contributed by atoms with E-state index in [0.29, 0.717) is 12.5 Å². The van der Waals surface area contributed by atoms with E-state index in [9.17, 15) is 5.11 Å². The highest BCUT2D eigenvalue weighted by Crippen LogP contribution is 2.31. The van der Waals surface area contributed by atoms with Crippen molar-refractivity contribution in [3.05, 3.63) is 28.2 Å². The molecule has 0 heterocycles. The third-order valence-electron chi connectivity index (χ3n) is 3.42. The van der Waals surface area contributed by atoms with Crippen LogP contribution >= 0.6 is 15.9 Å². The molecule has 1 aromatic carbocycles. The molecule has 0 atom stereocenters. The third-order valence-corrected chi connectivity index (χ3v) is 3.91. The maximum Gasteiger partial charge on any atom is 0.0546 e. The van der Waals surface area contributed by atoms with Crippen molar-refractivity contribution in [3.8, 4) is 0 Å². The van der Waals surface area contributed by atoms with Crippen LogP contribution in [0.1, 0.15) is 18.4 Å². The number of aliphatic hydroxyl groups is 1. The zero-order valence-corrected chi connectivity index (χ0v) is 11.7. The summed E-state index contributed by atoms with van der Waals surface area (Å²) < 4.78 is 1.07. The van der Waals surface area contributed by atoms with Gasteiger partial charge in [-0.05, 0) is 36.5 Å². The number of nitrogens with zero attached hydrogens (tertiary/aromatic N) is 1. The first-order valence-electron chi connectivity index (χ1n) is 5.98. The van der Waals surface area contributed by atoms with E-state index in [-0.39, 0.29) is 6.10 Å². The number of hydrogen-bond acceptors (Lipinski definition) is 3. The summed E-state index contributed by atoms with van der Waals surface area (Å²) >= 11 is 3.49. The van der Waals surface area contributed by atoms with Crippen LogP contribution in [0.5, 0.6) is 0 Å². The lowest BCUT2D eigenvalue weighted by atomic mass is 9.82. The molecule has 94 valence electrons. The maximum absolute atomic E-state index is 9.30. The number of rotatable bonds is 4. The Morgan fingerprint density at radius 3 is 2.76 bits per heavy atom. The molecule has 0 unspecified atom stereocenters. The van der Waals surface area contributed by atoms with Gasteiger partial charge in [-0.15, -0.1) is 0 Å². The monoisotopic (exact) mass is 298 g/mol. The normalized spacial score (nSPS) is 23.3. The van der Waals surface area contributed by atoms with Gasteiger partial charge in [0.2, 0.25) is 0 Å². The number of benzene rings is 1. The second-order valence-corrected chi connectivity index (χ2v) is 5.76. The second-order valence-electron chi connectivity index (χ2n) is 4.85. The molecule has 0 saturated heterocycles. The molecule has 1 aromatic rings. The van der Waals surface area contributed by atoms with Crippen LogP contribution in [0.3, 0.4) is 0 Å². The fourth-order valence-corrected chi connectivity index (χ4v) is 2.75. The Labute approximate surface area is 111 Å². The van der Waals surface area contributed by atoms with Crippen LogP contribution in [0.2, 0.25) is 0 Å². The number of halogens is 1. The highest BCUT2D eigenvalue weighted by Gasteiger charge is 2.28. The predicted octanol–water partition coefficient (Wildman–Crippen LogP) is 2.11. The Bertz CT molecular complexity index is 391. The minimum absolute atomic E-state index is 0.0788. The Morgan fingerprint density at radius 1 is 1.47 bits per heavy atom. The number of nitrogens with two attached hydrogens (primary N) is 1. The lowest BCUT2D eigenvalue weighted by Gasteiger charge is -2.35. The molecule has 1 fully saturated rings. The highest BCUT2D eigenvalue weighted by molar-refractivity contribution is 9.10. The average molecular weight is 299 g/mol. The van der Waals surface area contributed by atoms with Crippen LogP contribution in [-0.2, 0) is 6.54 Å². The zero-order valence-electron chi connectivity index (χ0n) is 10.1. The molecule has 0 amide bonds. The summed E-state index contributed by atoms with van der Waals surface area (Å²) in [6, 6.07) is 6.19. The molecule has 2 rings (SSSR count). The van der Waals surface area contributed by atoms with Gasteiger partial charge in [0.1, 0.15) is 0 Å². The minimum atomic E-state index is -0.0788. The molecule has 0 aromatic heterocycles. The molecular weight excluding hydrogens is 280 g/mol. The first-order valence-corrected chi connectivity index (χ1v) is 6.77. The highest BCUT2D eigenvalue weighted by atomic mass is 79.9. The Morgan fingerprint density at radius 2 is 2.18 bits per heavy atom. The number of aliphatic hydroxyl groups excluding tert-OH is 1. The molecule has 4 heteroatoms. The Balaban J connectivity index is 2.06. The summed E-state index contributed by atoms with van der Waals surface area (Å²) in [6.07, 6.45) is 1.77. The van der Waals surface area contributed by atoms with Gasteiger partial charge in [-0.3, -0.25) is 0 Å². The Hall–Kier alpha value is -0.580. The van der Waals surface area contributed by atoms with Crippen molar-refractivity contribution < 1.29 is 5.11 Å². The Kier molecular flexibility index (Phi) is 4.07. The molecule has 1 aliphatic rings. The number of hydrogen-bond donors (Lipinski definition) is 2. The lowest BCUT2D eigenvalue weighted by Crippen LogP contribution is -2.37. The molecule has 3 nitrogen and oxygen atoms in total. The van der Waals surface area contributed by atoms with Crippen molar-refractivity contribution in [2.24, 2.45) is 11.7 Å².